The van der Waals surface area contributed by atoms with Crippen molar-refractivity contribution in [3.63, 3.8) is 0 Å². The van der Waals surface area contributed by atoms with Crippen LogP contribution in [0.1, 0.15) is 51.4 Å². The summed E-state index contributed by atoms with van der Waals surface area (Å²) in [6, 6.07) is 0. The zero-order chi connectivity index (χ0) is 15.3. The molecule has 5 nitrogen and oxygen atoms in total. The van der Waals surface area contributed by atoms with Gasteiger partial charge in [-0.3, -0.25) is 0 Å². The van der Waals surface area contributed by atoms with Gasteiger partial charge in [0.25, 0.3) is 0 Å². The summed E-state index contributed by atoms with van der Waals surface area (Å²) in [5.41, 5.74) is 6.27. The Hall–Kier alpha value is -0.170. The summed E-state index contributed by atoms with van der Waals surface area (Å²) in [6.45, 7) is 2.49. The molecule has 1 aliphatic carbocycles. The molecule has 2 fully saturated rings. The van der Waals surface area contributed by atoms with Gasteiger partial charge in [-0.25, -0.2) is 12.7 Å². The first-order valence-corrected chi connectivity index (χ1v) is 10.1. The Morgan fingerprint density at radius 2 is 1.86 bits per heavy atom. The molecular formula is C15H30N2O3S. The number of nitrogens with zero attached hydrogens (tertiary/aromatic N) is 1. The Morgan fingerprint density at radius 3 is 2.48 bits per heavy atom. The number of ether oxygens (including phenoxy) is 1. The van der Waals surface area contributed by atoms with Crippen LogP contribution in [0.5, 0.6) is 0 Å². The van der Waals surface area contributed by atoms with Crippen molar-refractivity contribution in [2.75, 3.05) is 32.6 Å². The van der Waals surface area contributed by atoms with Crippen molar-refractivity contribution in [2.24, 2.45) is 11.7 Å². The first kappa shape index (κ1) is 17.2. The zero-order valence-electron chi connectivity index (χ0n) is 13.2. The number of sulfonamides is 1. The SMILES string of the molecule is CS(=O)(=O)N1CCCC(COCC2(N)CCCCCC2)C1. The summed E-state index contributed by atoms with van der Waals surface area (Å²) in [5, 5.41) is 0. The van der Waals surface area contributed by atoms with Crippen molar-refractivity contribution in [3.05, 3.63) is 0 Å². The van der Waals surface area contributed by atoms with E-state index >= 15 is 0 Å². The maximum Gasteiger partial charge on any atom is 0.211 e. The highest BCUT2D eigenvalue weighted by Crippen LogP contribution is 2.26. The highest BCUT2D eigenvalue weighted by Gasteiger charge is 2.29. The summed E-state index contributed by atoms with van der Waals surface area (Å²) < 4.78 is 30.7. The molecule has 6 heteroatoms. The van der Waals surface area contributed by atoms with E-state index in [0.717, 1.165) is 25.7 Å². The van der Waals surface area contributed by atoms with Crippen LogP contribution in [0, 0.1) is 5.92 Å². The summed E-state index contributed by atoms with van der Waals surface area (Å²) >= 11 is 0. The van der Waals surface area contributed by atoms with Gasteiger partial charge in [-0.05, 0) is 31.6 Å². The van der Waals surface area contributed by atoms with E-state index in [2.05, 4.69) is 0 Å². The molecule has 21 heavy (non-hydrogen) atoms. The van der Waals surface area contributed by atoms with Crippen molar-refractivity contribution < 1.29 is 13.2 Å². The summed E-state index contributed by atoms with van der Waals surface area (Å²) in [6.07, 6.45) is 10.3. The molecule has 2 aliphatic rings. The highest BCUT2D eigenvalue weighted by molar-refractivity contribution is 7.88. The van der Waals surface area contributed by atoms with Crippen LogP contribution < -0.4 is 5.73 Å². The van der Waals surface area contributed by atoms with E-state index < -0.39 is 10.0 Å². The first-order chi connectivity index (χ1) is 9.89. The third kappa shape index (κ3) is 5.51. The van der Waals surface area contributed by atoms with E-state index in [1.165, 1.54) is 31.9 Å². The van der Waals surface area contributed by atoms with E-state index in [1.54, 1.807) is 4.31 Å². The minimum atomic E-state index is -3.07. The topological polar surface area (TPSA) is 72.6 Å². The van der Waals surface area contributed by atoms with E-state index in [1.807, 2.05) is 0 Å². The molecule has 0 aromatic carbocycles. The molecular weight excluding hydrogens is 288 g/mol. The van der Waals surface area contributed by atoms with Crippen LogP contribution >= 0.6 is 0 Å². The Labute approximate surface area is 129 Å². The van der Waals surface area contributed by atoms with Crippen LogP contribution in [0.3, 0.4) is 0 Å². The van der Waals surface area contributed by atoms with Crippen LogP contribution in [0.15, 0.2) is 0 Å². The van der Waals surface area contributed by atoms with Gasteiger partial charge in [-0.15, -0.1) is 0 Å². The van der Waals surface area contributed by atoms with Gasteiger partial charge in [-0.2, -0.15) is 0 Å². The second-order valence-electron chi connectivity index (χ2n) is 6.92. The summed E-state index contributed by atoms with van der Waals surface area (Å²) in [5.74, 6) is 0.308. The molecule has 0 radical (unpaired) electrons. The third-order valence-corrected chi connectivity index (χ3v) is 6.06. The number of hydrogen-bond donors (Lipinski definition) is 1. The summed E-state index contributed by atoms with van der Waals surface area (Å²) in [7, 11) is -3.07. The molecule has 1 atom stereocenters. The van der Waals surface area contributed by atoms with Crippen molar-refractivity contribution >= 4 is 10.0 Å². The summed E-state index contributed by atoms with van der Waals surface area (Å²) in [4.78, 5) is 0. The van der Waals surface area contributed by atoms with Crippen molar-refractivity contribution in [2.45, 2.75) is 56.9 Å². The van der Waals surface area contributed by atoms with Gasteiger partial charge in [0.05, 0.1) is 19.5 Å². The largest absolute Gasteiger partial charge is 0.379 e. The van der Waals surface area contributed by atoms with Crippen LogP contribution in [-0.2, 0) is 14.8 Å². The average molecular weight is 318 g/mol. The number of piperidine rings is 1. The van der Waals surface area contributed by atoms with Crippen molar-refractivity contribution in [1.29, 1.82) is 0 Å². The maximum atomic E-state index is 11.6. The van der Waals surface area contributed by atoms with Gasteiger partial charge in [0.1, 0.15) is 0 Å². The number of rotatable bonds is 5. The van der Waals surface area contributed by atoms with Crippen molar-refractivity contribution in [3.8, 4) is 0 Å². The van der Waals surface area contributed by atoms with E-state index in [9.17, 15) is 8.42 Å². The molecule has 0 spiro atoms. The molecule has 1 saturated heterocycles. The van der Waals surface area contributed by atoms with Crippen LogP contribution in [0.25, 0.3) is 0 Å². The van der Waals surface area contributed by atoms with Gasteiger partial charge >= 0.3 is 0 Å². The molecule has 1 unspecified atom stereocenters. The average Bonchev–Trinajstić information content (AvgIpc) is 2.63. The molecule has 124 valence electrons. The Morgan fingerprint density at radius 1 is 1.19 bits per heavy atom. The van der Waals surface area contributed by atoms with Crippen LogP contribution in [0.4, 0.5) is 0 Å². The van der Waals surface area contributed by atoms with E-state index in [0.29, 0.717) is 32.2 Å². The van der Waals surface area contributed by atoms with Gasteiger partial charge < -0.3 is 10.5 Å². The normalized spacial score (nSPS) is 28.2. The molecule has 1 aliphatic heterocycles. The second-order valence-corrected chi connectivity index (χ2v) is 8.90. The smallest absolute Gasteiger partial charge is 0.211 e. The fourth-order valence-corrected chi connectivity index (χ4v) is 4.41. The van der Waals surface area contributed by atoms with Gasteiger partial charge in [0.2, 0.25) is 10.0 Å². The van der Waals surface area contributed by atoms with Gasteiger partial charge in [0.15, 0.2) is 0 Å². The minimum absolute atomic E-state index is 0.165. The van der Waals surface area contributed by atoms with Gasteiger partial charge in [0, 0.05) is 18.6 Å². The fourth-order valence-electron chi connectivity index (χ4n) is 3.47. The predicted octanol–water partition coefficient (Wildman–Crippen LogP) is 1.73. The number of nitrogens with two attached hydrogens (primary N) is 1. The Bertz CT molecular complexity index is 417. The zero-order valence-corrected chi connectivity index (χ0v) is 14.0. The van der Waals surface area contributed by atoms with Gasteiger partial charge in [-0.1, -0.05) is 25.7 Å². The lowest BCUT2D eigenvalue weighted by atomic mass is 9.92. The monoisotopic (exact) mass is 318 g/mol. The molecule has 0 bridgehead atoms. The quantitative estimate of drug-likeness (QED) is 0.784. The Balaban J connectivity index is 1.75. The second kappa shape index (κ2) is 7.40. The standard InChI is InChI=1S/C15H30N2O3S/c1-21(18,19)17-10-6-7-14(11-17)12-20-13-15(16)8-4-2-3-5-9-15/h14H,2-13,16H2,1H3. The van der Waals surface area contributed by atoms with Crippen LogP contribution in [0.2, 0.25) is 0 Å². The Kier molecular flexibility index (Phi) is 6.05. The van der Waals surface area contributed by atoms with E-state index in [-0.39, 0.29) is 5.54 Å². The van der Waals surface area contributed by atoms with Crippen molar-refractivity contribution in [1.82, 2.24) is 4.31 Å². The van der Waals surface area contributed by atoms with Crippen LogP contribution in [-0.4, -0.2) is 50.8 Å². The molecule has 0 amide bonds. The molecule has 1 heterocycles. The lowest BCUT2D eigenvalue weighted by Crippen LogP contribution is -2.45. The lowest BCUT2D eigenvalue weighted by Gasteiger charge is -2.32. The molecule has 2 N–H and O–H groups in total. The van der Waals surface area contributed by atoms with E-state index in [4.69, 9.17) is 10.5 Å². The first-order valence-electron chi connectivity index (χ1n) is 8.21. The molecule has 0 aromatic heterocycles. The molecule has 2 rings (SSSR count). The molecule has 1 saturated carbocycles. The highest BCUT2D eigenvalue weighted by atomic mass is 32.2. The lowest BCUT2D eigenvalue weighted by molar-refractivity contribution is 0.0409. The maximum absolute atomic E-state index is 11.6. The predicted molar refractivity (Wildman–Crippen MR) is 84.6 cm³/mol. The molecule has 0 aromatic rings. The number of hydrogen-bond acceptors (Lipinski definition) is 4. The minimum Gasteiger partial charge on any atom is -0.379 e. The third-order valence-electron chi connectivity index (χ3n) is 4.79. The fraction of sp³-hybridized carbons (Fsp3) is 1.00.